The van der Waals surface area contributed by atoms with Crippen LogP contribution in [0, 0.1) is 3.57 Å². The highest BCUT2D eigenvalue weighted by Crippen LogP contribution is 2.35. The summed E-state index contributed by atoms with van der Waals surface area (Å²) in [6.07, 6.45) is 0. The summed E-state index contributed by atoms with van der Waals surface area (Å²) in [5.41, 5.74) is 0.256. The molecule has 2 aromatic carbocycles. The second kappa shape index (κ2) is 5.62. The number of carboxylic acids is 1. The number of hydrogen-bond acceptors (Lipinski definition) is 3. The summed E-state index contributed by atoms with van der Waals surface area (Å²) in [5.74, 6) is -0.710. The Hall–Kier alpha value is -1.21. The highest BCUT2D eigenvalue weighted by molar-refractivity contribution is 14.1. The van der Waals surface area contributed by atoms with Gasteiger partial charge in [-0.25, -0.2) is 4.79 Å². The molecule has 92 valence electrons. The van der Waals surface area contributed by atoms with E-state index in [-0.39, 0.29) is 11.3 Å². The summed E-state index contributed by atoms with van der Waals surface area (Å²) >= 11 is 3.53. The van der Waals surface area contributed by atoms with Gasteiger partial charge in [-0.3, -0.25) is 0 Å². The van der Waals surface area contributed by atoms with Crippen LogP contribution in [0.3, 0.4) is 0 Å². The number of benzene rings is 2. The SMILES string of the molecule is O=C(O)c1ccc(Sc2ccc(I)cc2O)cc1. The molecule has 5 heteroatoms. The fourth-order valence-corrected chi connectivity index (χ4v) is 2.67. The van der Waals surface area contributed by atoms with E-state index in [9.17, 15) is 9.90 Å². The Labute approximate surface area is 122 Å². The molecule has 0 unspecified atom stereocenters. The monoisotopic (exact) mass is 372 g/mol. The Morgan fingerprint density at radius 1 is 1.11 bits per heavy atom. The summed E-state index contributed by atoms with van der Waals surface area (Å²) < 4.78 is 0.968. The minimum atomic E-state index is -0.941. The van der Waals surface area contributed by atoms with Crippen molar-refractivity contribution in [3.63, 3.8) is 0 Å². The molecule has 0 saturated carbocycles. The minimum absolute atomic E-state index is 0.231. The molecule has 0 radical (unpaired) electrons. The molecule has 3 nitrogen and oxygen atoms in total. The average molecular weight is 372 g/mol. The molecule has 0 atom stereocenters. The summed E-state index contributed by atoms with van der Waals surface area (Å²) in [6.45, 7) is 0. The van der Waals surface area contributed by atoms with Gasteiger partial charge < -0.3 is 10.2 Å². The van der Waals surface area contributed by atoms with E-state index in [1.54, 1.807) is 30.3 Å². The standard InChI is InChI=1S/C13H9IO3S/c14-9-3-6-12(11(15)7-9)18-10-4-1-8(2-5-10)13(16)17/h1-7,15H,(H,16,17). The van der Waals surface area contributed by atoms with Gasteiger partial charge >= 0.3 is 5.97 Å². The van der Waals surface area contributed by atoms with E-state index in [0.29, 0.717) is 0 Å². The van der Waals surface area contributed by atoms with Crippen LogP contribution in [0.25, 0.3) is 0 Å². The van der Waals surface area contributed by atoms with Gasteiger partial charge in [0.05, 0.1) is 10.5 Å². The van der Waals surface area contributed by atoms with Gasteiger partial charge in [0, 0.05) is 8.47 Å². The summed E-state index contributed by atoms with van der Waals surface area (Å²) in [4.78, 5) is 12.3. The average Bonchev–Trinajstić information content (AvgIpc) is 2.33. The number of halogens is 1. The van der Waals surface area contributed by atoms with Gasteiger partial charge in [-0.2, -0.15) is 0 Å². The lowest BCUT2D eigenvalue weighted by Crippen LogP contribution is -1.94. The Morgan fingerprint density at radius 3 is 2.33 bits per heavy atom. The van der Waals surface area contributed by atoms with Crippen molar-refractivity contribution in [1.82, 2.24) is 0 Å². The number of carbonyl (C=O) groups is 1. The lowest BCUT2D eigenvalue weighted by Gasteiger charge is -2.05. The van der Waals surface area contributed by atoms with E-state index < -0.39 is 5.97 Å². The number of hydrogen-bond donors (Lipinski definition) is 2. The van der Waals surface area contributed by atoms with Crippen LogP contribution in [-0.2, 0) is 0 Å². The third kappa shape index (κ3) is 3.17. The van der Waals surface area contributed by atoms with Crippen molar-refractivity contribution in [2.45, 2.75) is 9.79 Å². The summed E-state index contributed by atoms with van der Waals surface area (Å²) in [7, 11) is 0. The van der Waals surface area contributed by atoms with Gasteiger partial charge in [-0.15, -0.1) is 0 Å². The van der Waals surface area contributed by atoms with Crippen LogP contribution in [0.4, 0.5) is 0 Å². The zero-order valence-corrected chi connectivity index (χ0v) is 12.1. The van der Waals surface area contributed by atoms with Crippen LogP contribution in [0.5, 0.6) is 5.75 Å². The van der Waals surface area contributed by atoms with Crippen molar-refractivity contribution < 1.29 is 15.0 Å². The van der Waals surface area contributed by atoms with Crippen molar-refractivity contribution in [3.05, 3.63) is 51.6 Å². The molecule has 0 aliphatic heterocycles. The quantitative estimate of drug-likeness (QED) is 0.804. The molecule has 0 aliphatic rings. The molecule has 0 aromatic heterocycles. The maximum absolute atomic E-state index is 10.7. The van der Waals surface area contributed by atoms with E-state index in [1.807, 2.05) is 12.1 Å². The maximum atomic E-state index is 10.7. The van der Waals surface area contributed by atoms with Gasteiger partial charge in [0.15, 0.2) is 0 Å². The zero-order valence-electron chi connectivity index (χ0n) is 9.13. The largest absolute Gasteiger partial charge is 0.507 e. The van der Waals surface area contributed by atoms with E-state index in [4.69, 9.17) is 5.11 Å². The molecule has 2 rings (SSSR count). The van der Waals surface area contributed by atoms with E-state index in [2.05, 4.69) is 22.6 Å². The Balaban J connectivity index is 2.21. The summed E-state index contributed by atoms with van der Waals surface area (Å²) in [6, 6.07) is 12.0. The maximum Gasteiger partial charge on any atom is 0.335 e. The van der Waals surface area contributed by atoms with Gasteiger partial charge in [-0.1, -0.05) is 11.8 Å². The normalized spacial score (nSPS) is 10.3. The van der Waals surface area contributed by atoms with Crippen LogP contribution >= 0.6 is 34.4 Å². The Bertz CT molecular complexity index is 581. The minimum Gasteiger partial charge on any atom is -0.507 e. The molecule has 18 heavy (non-hydrogen) atoms. The van der Waals surface area contributed by atoms with Gasteiger partial charge in [0.2, 0.25) is 0 Å². The van der Waals surface area contributed by atoms with Gasteiger partial charge in [0.1, 0.15) is 5.75 Å². The molecule has 0 aliphatic carbocycles. The van der Waals surface area contributed by atoms with Crippen LogP contribution in [0.2, 0.25) is 0 Å². The van der Waals surface area contributed by atoms with E-state index in [0.717, 1.165) is 13.4 Å². The van der Waals surface area contributed by atoms with Crippen LogP contribution in [0.15, 0.2) is 52.3 Å². The number of phenolic OH excluding ortho intramolecular Hbond substituents is 1. The van der Waals surface area contributed by atoms with E-state index >= 15 is 0 Å². The molecule has 2 N–H and O–H groups in total. The van der Waals surface area contributed by atoms with E-state index in [1.165, 1.54) is 11.8 Å². The van der Waals surface area contributed by atoms with Crippen molar-refractivity contribution in [2.75, 3.05) is 0 Å². The molecule has 0 spiro atoms. The second-order valence-corrected chi connectivity index (χ2v) is 5.90. The molecule has 0 amide bonds. The highest BCUT2D eigenvalue weighted by atomic mass is 127. The van der Waals surface area contributed by atoms with Crippen LogP contribution in [-0.4, -0.2) is 16.2 Å². The molecular formula is C13H9IO3S. The number of rotatable bonds is 3. The predicted octanol–water partition coefficient (Wildman–Crippen LogP) is 3.85. The molecule has 0 saturated heterocycles. The molecular weight excluding hydrogens is 363 g/mol. The van der Waals surface area contributed by atoms with Crippen LogP contribution in [0.1, 0.15) is 10.4 Å². The second-order valence-electron chi connectivity index (χ2n) is 3.54. The predicted molar refractivity (Wildman–Crippen MR) is 78.3 cm³/mol. The smallest absolute Gasteiger partial charge is 0.335 e. The lowest BCUT2D eigenvalue weighted by molar-refractivity contribution is 0.0697. The first-order valence-corrected chi connectivity index (χ1v) is 6.95. The van der Waals surface area contributed by atoms with Crippen LogP contribution < -0.4 is 0 Å². The first kappa shape index (κ1) is 13.2. The number of carboxylic acid groups (broad SMARTS) is 1. The fourth-order valence-electron chi connectivity index (χ4n) is 1.37. The molecule has 0 fully saturated rings. The topological polar surface area (TPSA) is 57.5 Å². The number of aromatic carboxylic acids is 1. The first-order valence-electron chi connectivity index (χ1n) is 5.06. The van der Waals surface area contributed by atoms with Crippen molar-refractivity contribution in [3.8, 4) is 5.75 Å². The van der Waals surface area contributed by atoms with Crippen molar-refractivity contribution >= 4 is 40.3 Å². The summed E-state index contributed by atoms with van der Waals surface area (Å²) in [5, 5.41) is 18.6. The van der Waals surface area contributed by atoms with Gasteiger partial charge in [-0.05, 0) is 65.1 Å². The fraction of sp³-hybridized carbons (Fsp3) is 0. The Kier molecular flexibility index (Phi) is 4.13. The molecule has 2 aromatic rings. The first-order chi connectivity index (χ1) is 8.56. The highest BCUT2D eigenvalue weighted by Gasteiger charge is 2.06. The third-order valence-corrected chi connectivity index (χ3v) is 3.99. The Morgan fingerprint density at radius 2 is 1.78 bits per heavy atom. The van der Waals surface area contributed by atoms with Gasteiger partial charge in [0.25, 0.3) is 0 Å². The lowest BCUT2D eigenvalue weighted by atomic mass is 10.2. The molecule has 0 bridgehead atoms. The number of phenols is 1. The van der Waals surface area contributed by atoms with Crippen molar-refractivity contribution in [2.24, 2.45) is 0 Å². The third-order valence-electron chi connectivity index (χ3n) is 2.25. The number of aromatic hydroxyl groups is 1. The zero-order chi connectivity index (χ0) is 13.1. The van der Waals surface area contributed by atoms with Crippen molar-refractivity contribution in [1.29, 1.82) is 0 Å². The molecule has 0 heterocycles.